The van der Waals surface area contributed by atoms with Crippen LogP contribution in [0.15, 0.2) is 41.8 Å². The predicted octanol–water partition coefficient (Wildman–Crippen LogP) is 3.73. The summed E-state index contributed by atoms with van der Waals surface area (Å²) in [4.78, 5) is 13.3. The summed E-state index contributed by atoms with van der Waals surface area (Å²) >= 11 is 1.68. The molecule has 1 aromatic carbocycles. The van der Waals surface area contributed by atoms with E-state index >= 15 is 0 Å². The van der Waals surface area contributed by atoms with Crippen molar-refractivity contribution in [3.8, 4) is 10.4 Å². The van der Waals surface area contributed by atoms with Gasteiger partial charge in [-0.1, -0.05) is 38.5 Å². The van der Waals surface area contributed by atoms with Crippen LogP contribution in [0, 0.1) is 5.92 Å². The van der Waals surface area contributed by atoms with E-state index in [-0.39, 0.29) is 11.8 Å². The molecule has 3 nitrogen and oxygen atoms in total. The van der Waals surface area contributed by atoms with E-state index in [0.29, 0.717) is 0 Å². The van der Waals surface area contributed by atoms with Crippen molar-refractivity contribution in [2.24, 2.45) is 11.7 Å². The summed E-state index contributed by atoms with van der Waals surface area (Å²) < 4.78 is 0. The maximum absolute atomic E-state index is 12.1. The van der Waals surface area contributed by atoms with Gasteiger partial charge in [0, 0.05) is 10.6 Å². The van der Waals surface area contributed by atoms with Gasteiger partial charge in [-0.05, 0) is 35.1 Å². The Bertz CT molecular complexity index is 566. The van der Waals surface area contributed by atoms with Gasteiger partial charge in [0.15, 0.2) is 0 Å². The molecule has 1 amide bonds. The molecule has 20 heavy (non-hydrogen) atoms. The van der Waals surface area contributed by atoms with E-state index in [2.05, 4.69) is 11.4 Å². The van der Waals surface area contributed by atoms with Crippen molar-refractivity contribution in [1.29, 1.82) is 0 Å². The fourth-order valence-corrected chi connectivity index (χ4v) is 2.65. The minimum Gasteiger partial charge on any atom is -0.325 e. The van der Waals surface area contributed by atoms with Crippen LogP contribution in [0.1, 0.15) is 20.3 Å². The molecule has 0 fully saturated rings. The average Bonchev–Trinajstić information content (AvgIpc) is 3.00. The van der Waals surface area contributed by atoms with Crippen molar-refractivity contribution < 1.29 is 4.79 Å². The minimum atomic E-state index is -0.467. The zero-order valence-corrected chi connectivity index (χ0v) is 12.6. The molecule has 2 atom stereocenters. The van der Waals surface area contributed by atoms with Crippen LogP contribution in [0.25, 0.3) is 10.4 Å². The molecule has 0 aliphatic heterocycles. The highest BCUT2D eigenvalue weighted by Crippen LogP contribution is 2.26. The SMILES string of the molecule is CCC(C)C(N)C(=O)Nc1cccc(-c2cccs2)c1. The van der Waals surface area contributed by atoms with Gasteiger partial charge in [0.05, 0.1) is 6.04 Å². The molecule has 2 aromatic rings. The zero-order chi connectivity index (χ0) is 14.5. The second kappa shape index (κ2) is 6.68. The molecular weight excluding hydrogens is 268 g/mol. The van der Waals surface area contributed by atoms with Crippen LogP contribution < -0.4 is 11.1 Å². The summed E-state index contributed by atoms with van der Waals surface area (Å²) in [7, 11) is 0. The molecule has 4 heteroatoms. The number of rotatable bonds is 5. The quantitative estimate of drug-likeness (QED) is 0.881. The molecule has 0 aliphatic carbocycles. The van der Waals surface area contributed by atoms with Gasteiger partial charge in [-0.25, -0.2) is 0 Å². The van der Waals surface area contributed by atoms with Crippen LogP contribution >= 0.6 is 11.3 Å². The van der Waals surface area contributed by atoms with Crippen molar-refractivity contribution in [2.45, 2.75) is 26.3 Å². The fourth-order valence-electron chi connectivity index (χ4n) is 1.93. The van der Waals surface area contributed by atoms with Gasteiger partial charge < -0.3 is 11.1 Å². The summed E-state index contributed by atoms with van der Waals surface area (Å²) in [6.45, 7) is 4.03. The van der Waals surface area contributed by atoms with E-state index < -0.39 is 6.04 Å². The molecule has 0 spiro atoms. The number of hydrogen-bond donors (Lipinski definition) is 2. The topological polar surface area (TPSA) is 55.1 Å². The lowest BCUT2D eigenvalue weighted by atomic mass is 9.99. The Kier molecular flexibility index (Phi) is 4.93. The van der Waals surface area contributed by atoms with E-state index in [1.165, 1.54) is 4.88 Å². The number of carbonyl (C=O) groups excluding carboxylic acids is 1. The number of anilines is 1. The van der Waals surface area contributed by atoms with Crippen molar-refractivity contribution in [1.82, 2.24) is 0 Å². The summed E-state index contributed by atoms with van der Waals surface area (Å²) in [5, 5.41) is 4.94. The zero-order valence-electron chi connectivity index (χ0n) is 11.8. The van der Waals surface area contributed by atoms with Gasteiger partial charge in [-0.3, -0.25) is 4.79 Å². The van der Waals surface area contributed by atoms with E-state index in [9.17, 15) is 4.79 Å². The number of hydrogen-bond acceptors (Lipinski definition) is 3. The summed E-state index contributed by atoms with van der Waals surface area (Å²) in [6.07, 6.45) is 0.893. The van der Waals surface area contributed by atoms with Crippen molar-refractivity contribution >= 4 is 22.9 Å². The van der Waals surface area contributed by atoms with Crippen molar-refractivity contribution in [3.05, 3.63) is 41.8 Å². The molecule has 3 N–H and O–H groups in total. The molecule has 0 aliphatic rings. The highest BCUT2D eigenvalue weighted by Gasteiger charge is 2.19. The third kappa shape index (κ3) is 3.46. The smallest absolute Gasteiger partial charge is 0.241 e. The molecule has 1 heterocycles. The standard InChI is InChI=1S/C16H20N2OS/c1-3-11(2)15(17)16(19)18-13-7-4-6-12(10-13)14-8-5-9-20-14/h4-11,15H,3,17H2,1-2H3,(H,18,19). The summed E-state index contributed by atoms with van der Waals surface area (Å²) in [6, 6.07) is 11.5. The highest BCUT2D eigenvalue weighted by molar-refractivity contribution is 7.13. The monoisotopic (exact) mass is 288 g/mol. The largest absolute Gasteiger partial charge is 0.325 e. The first-order chi connectivity index (χ1) is 9.61. The number of nitrogens with one attached hydrogen (secondary N) is 1. The maximum atomic E-state index is 12.1. The first kappa shape index (κ1) is 14.8. The Morgan fingerprint density at radius 1 is 1.35 bits per heavy atom. The van der Waals surface area contributed by atoms with E-state index in [4.69, 9.17) is 5.73 Å². The second-order valence-corrected chi connectivity index (χ2v) is 5.91. The Morgan fingerprint density at radius 3 is 2.80 bits per heavy atom. The fraction of sp³-hybridized carbons (Fsp3) is 0.312. The highest BCUT2D eigenvalue weighted by atomic mass is 32.1. The molecule has 0 saturated heterocycles. The van der Waals surface area contributed by atoms with Crippen LogP contribution in [0.5, 0.6) is 0 Å². The third-order valence-corrected chi connectivity index (χ3v) is 4.41. The summed E-state index contributed by atoms with van der Waals surface area (Å²) in [5.74, 6) is 0.0539. The molecule has 1 aromatic heterocycles. The third-order valence-electron chi connectivity index (χ3n) is 3.50. The van der Waals surface area contributed by atoms with Crippen molar-refractivity contribution in [2.75, 3.05) is 5.32 Å². The molecular formula is C16H20N2OS. The van der Waals surface area contributed by atoms with Crippen LogP contribution in [0.3, 0.4) is 0 Å². The van der Waals surface area contributed by atoms with Crippen molar-refractivity contribution in [3.63, 3.8) is 0 Å². The lowest BCUT2D eigenvalue weighted by Gasteiger charge is -2.17. The van der Waals surface area contributed by atoms with Gasteiger partial charge >= 0.3 is 0 Å². The molecule has 0 saturated carbocycles. The Labute approximate surface area is 123 Å². The van der Waals surface area contributed by atoms with Gasteiger partial charge in [0.25, 0.3) is 0 Å². The Hall–Kier alpha value is -1.65. The normalized spacial score (nSPS) is 13.8. The van der Waals surface area contributed by atoms with Gasteiger partial charge in [0.2, 0.25) is 5.91 Å². The van der Waals surface area contributed by atoms with Gasteiger partial charge in [-0.15, -0.1) is 11.3 Å². The number of benzene rings is 1. The lowest BCUT2D eigenvalue weighted by Crippen LogP contribution is -2.40. The van der Waals surface area contributed by atoms with Crippen LogP contribution in [0.2, 0.25) is 0 Å². The first-order valence-electron chi connectivity index (χ1n) is 6.82. The van der Waals surface area contributed by atoms with E-state index in [0.717, 1.165) is 17.7 Å². The Morgan fingerprint density at radius 2 is 2.15 bits per heavy atom. The number of carbonyl (C=O) groups is 1. The minimum absolute atomic E-state index is 0.123. The molecule has 2 unspecified atom stereocenters. The van der Waals surface area contributed by atoms with E-state index in [1.54, 1.807) is 11.3 Å². The van der Waals surface area contributed by atoms with E-state index in [1.807, 2.05) is 49.6 Å². The number of nitrogens with two attached hydrogens (primary N) is 1. The van der Waals surface area contributed by atoms with Crippen LogP contribution in [0.4, 0.5) is 5.69 Å². The summed E-state index contributed by atoms with van der Waals surface area (Å²) in [5.41, 5.74) is 7.84. The number of amides is 1. The first-order valence-corrected chi connectivity index (χ1v) is 7.70. The maximum Gasteiger partial charge on any atom is 0.241 e. The van der Waals surface area contributed by atoms with Gasteiger partial charge in [0.1, 0.15) is 0 Å². The molecule has 0 bridgehead atoms. The molecule has 2 rings (SSSR count). The second-order valence-electron chi connectivity index (χ2n) is 4.96. The number of thiophene rings is 1. The Balaban J connectivity index is 2.10. The lowest BCUT2D eigenvalue weighted by molar-refractivity contribution is -0.118. The van der Waals surface area contributed by atoms with Crippen LogP contribution in [-0.2, 0) is 4.79 Å². The van der Waals surface area contributed by atoms with Gasteiger partial charge in [-0.2, -0.15) is 0 Å². The average molecular weight is 288 g/mol. The molecule has 0 radical (unpaired) electrons. The molecule has 106 valence electrons. The predicted molar refractivity (Wildman–Crippen MR) is 85.8 cm³/mol. The van der Waals surface area contributed by atoms with Crippen LogP contribution in [-0.4, -0.2) is 11.9 Å².